The second-order valence-corrected chi connectivity index (χ2v) is 4.90. The van der Waals surface area contributed by atoms with Crippen LogP contribution in [0.3, 0.4) is 0 Å². The zero-order valence-electron chi connectivity index (χ0n) is 13.0. The number of nitrogen functional groups attached to an aromatic ring is 1. The van der Waals surface area contributed by atoms with Gasteiger partial charge in [0.25, 0.3) is 0 Å². The maximum absolute atomic E-state index is 5.90. The molecule has 0 atom stereocenters. The van der Waals surface area contributed by atoms with Crippen molar-refractivity contribution in [1.82, 2.24) is 9.97 Å². The van der Waals surface area contributed by atoms with Gasteiger partial charge in [0.05, 0.1) is 25.6 Å². The Balaban J connectivity index is 2.17. The third kappa shape index (κ3) is 2.94. The Morgan fingerprint density at radius 3 is 2.26 bits per heavy atom. The number of para-hydroxylation sites is 1. The molecule has 23 heavy (non-hydrogen) atoms. The number of aromatic nitrogens is 2. The van der Waals surface area contributed by atoms with E-state index in [1.807, 2.05) is 54.6 Å². The zero-order chi connectivity index (χ0) is 16.2. The number of benzene rings is 2. The summed E-state index contributed by atoms with van der Waals surface area (Å²) in [6.45, 7) is 0. The maximum atomic E-state index is 5.90. The van der Waals surface area contributed by atoms with Crippen LogP contribution < -0.4 is 15.2 Å². The van der Waals surface area contributed by atoms with E-state index < -0.39 is 0 Å². The monoisotopic (exact) mass is 307 g/mol. The van der Waals surface area contributed by atoms with Crippen LogP contribution in [-0.4, -0.2) is 24.2 Å². The highest BCUT2D eigenvalue weighted by Gasteiger charge is 2.14. The SMILES string of the molecule is COc1cccc(-c2cc(-c3ccccc3)nc(N)n2)c1OC. The van der Waals surface area contributed by atoms with Crippen molar-refractivity contribution in [1.29, 1.82) is 0 Å². The molecule has 0 spiro atoms. The lowest BCUT2D eigenvalue weighted by atomic mass is 10.1. The molecule has 0 amide bonds. The minimum Gasteiger partial charge on any atom is -0.493 e. The minimum atomic E-state index is 0.214. The molecule has 5 heteroatoms. The predicted octanol–water partition coefficient (Wildman–Crippen LogP) is 3.41. The number of nitrogens with zero attached hydrogens (tertiary/aromatic N) is 2. The fraction of sp³-hybridized carbons (Fsp3) is 0.111. The first-order valence-corrected chi connectivity index (χ1v) is 7.14. The van der Waals surface area contributed by atoms with Crippen LogP contribution in [-0.2, 0) is 0 Å². The number of hydrogen-bond acceptors (Lipinski definition) is 5. The normalized spacial score (nSPS) is 10.3. The number of anilines is 1. The van der Waals surface area contributed by atoms with E-state index in [-0.39, 0.29) is 5.95 Å². The van der Waals surface area contributed by atoms with Crippen molar-refractivity contribution in [3.8, 4) is 34.0 Å². The van der Waals surface area contributed by atoms with Gasteiger partial charge in [0, 0.05) is 11.1 Å². The molecule has 0 bridgehead atoms. The Morgan fingerprint density at radius 1 is 0.826 bits per heavy atom. The fourth-order valence-electron chi connectivity index (χ4n) is 2.45. The zero-order valence-corrected chi connectivity index (χ0v) is 13.0. The average molecular weight is 307 g/mol. The van der Waals surface area contributed by atoms with Crippen molar-refractivity contribution in [3.05, 3.63) is 54.6 Å². The van der Waals surface area contributed by atoms with Crippen molar-refractivity contribution < 1.29 is 9.47 Å². The van der Waals surface area contributed by atoms with Crippen LogP contribution in [0.15, 0.2) is 54.6 Å². The largest absolute Gasteiger partial charge is 0.493 e. The molecule has 1 aromatic heterocycles. The Hall–Kier alpha value is -3.08. The molecule has 0 saturated carbocycles. The van der Waals surface area contributed by atoms with Gasteiger partial charge in [0.15, 0.2) is 11.5 Å². The van der Waals surface area contributed by atoms with Crippen LogP contribution in [0.5, 0.6) is 11.5 Å². The van der Waals surface area contributed by atoms with Gasteiger partial charge in [0.1, 0.15) is 0 Å². The first kappa shape index (κ1) is 14.8. The molecule has 116 valence electrons. The molecular weight excluding hydrogens is 290 g/mol. The molecule has 0 fully saturated rings. The van der Waals surface area contributed by atoms with Crippen LogP contribution >= 0.6 is 0 Å². The molecule has 2 N–H and O–H groups in total. The molecule has 2 aromatic carbocycles. The maximum Gasteiger partial charge on any atom is 0.221 e. The number of nitrogens with two attached hydrogens (primary N) is 1. The highest BCUT2D eigenvalue weighted by Crippen LogP contribution is 2.37. The molecule has 0 unspecified atom stereocenters. The van der Waals surface area contributed by atoms with Crippen molar-refractivity contribution in [2.45, 2.75) is 0 Å². The molecule has 0 radical (unpaired) electrons. The van der Waals surface area contributed by atoms with Gasteiger partial charge in [0.2, 0.25) is 5.95 Å². The summed E-state index contributed by atoms with van der Waals surface area (Å²) in [5.74, 6) is 1.47. The van der Waals surface area contributed by atoms with Gasteiger partial charge in [-0.05, 0) is 18.2 Å². The molecule has 0 aliphatic rings. The average Bonchev–Trinajstić information content (AvgIpc) is 2.61. The number of ether oxygens (including phenoxy) is 2. The number of rotatable bonds is 4. The topological polar surface area (TPSA) is 70.3 Å². The number of methoxy groups -OCH3 is 2. The van der Waals surface area contributed by atoms with E-state index in [1.54, 1.807) is 14.2 Å². The van der Waals surface area contributed by atoms with Crippen LogP contribution in [0, 0.1) is 0 Å². The van der Waals surface area contributed by atoms with E-state index in [2.05, 4.69) is 9.97 Å². The number of hydrogen-bond donors (Lipinski definition) is 1. The highest BCUT2D eigenvalue weighted by atomic mass is 16.5. The summed E-state index contributed by atoms with van der Waals surface area (Å²) in [6, 6.07) is 17.4. The van der Waals surface area contributed by atoms with E-state index >= 15 is 0 Å². The second-order valence-electron chi connectivity index (χ2n) is 4.90. The summed E-state index contributed by atoms with van der Waals surface area (Å²) in [5, 5.41) is 0. The van der Waals surface area contributed by atoms with Gasteiger partial charge in [-0.25, -0.2) is 9.97 Å². The third-order valence-electron chi connectivity index (χ3n) is 3.49. The van der Waals surface area contributed by atoms with Crippen molar-refractivity contribution in [2.75, 3.05) is 20.0 Å². The summed E-state index contributed by atoms with van der Waals surface area (Å²) >= 11 is 0. The standard InChI is InChI=1S/C18H17N3O2/c1-22-16-10-6-9-13(17(16)23-2)15-11-14(20-18(19)21-15)12-7-4-3-5-8-12/h3-11H,1-2H3,(H2,19,20,21). The first-order chi connectivity index (χ1) is 11.2. The van der Waals surface area contributed by atoms with Crippen LogP contribution in [0.2, 0.25) is 0 Å². The summed E-state index contributed by atoms with van der Waals surface area (Å²) in [7, 11) is 3.20. The van der Waals surface area contributed by atoms with Crippen LogP contribution in [0.4, 0.5) is 5.95 Å². The lowest BCUT2D eigenvalue weighted by Gasteiger charge is -2.13. The van der Waals surface area contributed by atoms with Gasteiger partial charge in [-0.15, -0.1) is 0 Å². The molecule has 5 nitrogen and oxygen atoms in total. The van der Waals surface area contributed by atoms with Crippen LogP contribution in [0.25, 0.3) is 22.5 Å². The second kappa shape index (κ2) is 6.36. The first-order valence-electron chi connectivity index (χ1n) is 7.14. The lowest BCUT2D eigenvalue weighted by molar-refractivity contribution is 0.356. The molecular formula is C18H17N3O2. The van der Waals surface area contributed by atoms with Gasteiger partial charge in [-0.3, -0.25) is 0 Å². The Kier molecular flexibility index (Phi) is 4.10. The van der Waals surface area contributed by atoms with E-state index in [9.17, 15) is 0 Å². The molecule has 0 saturated heterocycles. The van der Waals surface area contributed by atoms with Gasteiger partial charge >= 0.3 is 0 Å². The smallest absolute Gasteiger partial charge is 0.221 e. The molecule has 3 rings (SSSR count). The highest BCUT2D eigenvalue weighted by molar-refractivity contribution is 5.75. The fourth-order valence-corrected chi connectivity index (χ4v) is 2.45. The Labute approximate surface area is 134 Å². The summed E-state index contributed by atoms with van der Waals surface area (Å²) in [4.78, 5) is 8.67. The minimum absolute atomic E-state index is 0.214. The molecule has 0 aliphatic carbocycles. The van der Waals surface area contributed by atoms with Gasteiger partial charge in [-0.2, -0.15) is 0 Å². The Morgan fingerprint density at radius 2 is 1.57 bits per heavy atom. The van der Waals surface area contributed by atoms with Gasteiger partial charge < -0.3 is 15.2 Å². The van der Waals surface area contributed by atoms with E-state index in [1.165, 1.54) is 0 Å². The quantitative estimate of drug-likeness (QED) is 0.800. The molecule has 0 aliphatic heterocycles. The van der Waals surface area contributed by atoms with Crippen molar-refractivity contribution in [2.24, 2.45) is 0 Å². The lowest BCUT2D eigenvalue weighted by Crippen LogP contribution is -2.00. The van der Waals surface area contributed by atoms with E-state index in [4.69, 9.17) is 15.2 Å². The van der Waals surface area contributed by atoms with Crippen LogP contribution in [0.1, 0.15) is 0 Å². The molecule has 1 heterocycles. The summed E-state index contributed by atoms with van der Waals surface area (Å²) in [5.41, 5.74) is 9.13. The summed E-state index contributed by atoms with van der Waals surface area (Å²) in [6.07, 6.45) is 0. The van der Waals surface area contributed by atoms with Crippen molar-refractivity contribution in [3.63, 3.8) is 0 Å². The summed E-state index contributed by atoms with van der Waals surface area (Å²) < 4.78 is 10.8. The predicted molar refractivity (Wildman–Crippen MR) is 90.4 cm³/mol. The molecule has 3 aromatic rings. The van der Waals surface area contributed by atoms with E-state index in [0.717, 1.165) is 16.8 Å². The van der Waals surface area contributed by atoms with E-state index in [0.29, 0.717) is 17.2 Å². The third-order valence-corrected chi connectivity index (χ3v) is 3.49. The Bertz CT molecular complexity index is 820. The van der Waals surface area contributed by atoms with Crippen molar-refractivity contribution >= 4 is 5.95 Å². The van der Waals surface area contributed by atoms with Gasteiger partial charge in [-0.1, -0.05) is 36.4 Å².